The maximum atomic E-state index is 13.1. The Morgan fingerprint density at radius 1 is 1.24 bits per heavy atom. The number of rotatable bonds is 9. The van der Waals surface area contributed by atoms with Crippen molar-refractivity contribution in [3.05, 3.63) is 65.6 Å². The van der Waals surface area contributed by atoms with Gasteiger partial charge in [0.25, 0.3) is 15.9 Å². The molecule has 180 valence electrons. The van der Waals surface area contributed by atoms with Gasteiger partial charge < -0.3 is 14.6 Å². The normalized spacial score (nSPS) is 15.4. The molecule has 1 saturated carbocycles. The fourth-order valence-electron chi connectivity index (χ4n) is 3.77. The number of aliphatic hydroxyl groups is 1. The zero-order valence-corrected chi connectivity index (χ0v) is 19.9. The van der Waals surface area contributed by atoms with Crippen molar-refractivity contribution in [3.8, 4) is 11.6 Å². The highest BCUT2D eigenvalue weighted by atomic mass is 32.2. The molecule has 0 spiro atoms. The predicted octanol–water partition coefficient (Wildman–Crippen LogP) is 2.08. The van der Waals surface area contributed by atoms with Crippen LogP contribution in [0, 0.1) is 5.92 Å². The average Bonchev–Trinajstić information content (AvgIpc) is 3.57. The number of carbonyl (C=O) groups excluding carboxylic acids is 1. The largest absolute Gasteiger partial charge is 0.495 e. The van der Waals surface area contributed by atoms with Gasteiger partial charge in [0, 0.05) is 18.0 Å². The van der Waals surface area contributed by atoms with Gasteiger partial charge in [0.2, 0.25) is 5.88 Å². The van der Waals surface area contributed by atoms with Crippen LogP contribution < -0.4 is 14.2 Å². The minimum atomic E-state index is -4.34. The number of hydrogen-bond donors (Lipinski definition) is 2. The van der Waals surface area contributed by atoms with Crippen LogP contribution in [-0.4, -0.2) is 48.4 Å². The summed E-state index contributed by atoms with van der Waals surface area (Å²) in [5, 5.41) is 15.0. The Morgan fingerprint density at radius 3 is 2.62 bits per heavy atom. The maximum Gasteiger partial charge on any atom is 0.283 e. The first-order valence-electron chi connectivity index (χ1n) is 10.6. The number of ether oxygens (including phenoxy) is 2. The minimum Gasteiger partial charge on any atom is -0.495 e. The Hall–Kier alpha value is -3.44. The summed E-state index contributed by atoms with van der Waals surface area (Å²) in [6, 6.07) is 9.26. The van der Waals surface area contributed by atoms with E-state index in [-0.39, 0.29) is 28.1 Å². The van der Waals surface area contributed by atoms with Crippen molar-refractivity contribution in [2.75, 3.05) is 14.2 Å². The molecule has 0 saturated heterocycles. The molecule has 1 amide bonds. The van der Waals surface area contributed by atoms with E-state index in [9.17, 15) is 18.3 Å². The summed E-state index contributed by atoms with van der Waals surface area (Å²) in [6.45, 7) is 2.02. The summed E-state index contributed by atoms with van der Waals surface area (Å²) in [7, 11) is -1.59. The van der Waals surface area contributed by atoms with Crippen molar-refractivity contribution in [2.24, 2.45) is 5.92 Å². The molecule has 11 heteroatoms. The molecule has 1 aliphatic rings. The zero-order valence-electron chi connectivity index (χ0n) is 19.1. The van der Waals surface area contributed by atoms with Crippen molar-refractivity contribution in [1.82, 2.24) is 19.5 Å². The van der Waals surface area contributed by atoms with Gasteiger partial charge >= 0.3 is 0 Å². The van der Waals surface area contributed by atoms with Gasteiger partial charge in [-0.15, -0.1) is 0 Å². The minimum absolute atomic E-state index is 0.0516. The molecule has 1 aliphatic carbocycles. The first kappa shape index (κ1) is 23.7. The van der Waals surface area contributed by atoms with E-state index in [1.165, 1.54) is 32.4 Å². The van der Waals surface area contributed by atoms with E-state index in [2.05, 4.69) is 10.1 Å². The van der Waals surface area contributed by atoms with Crippen molar-refractivity contribution >= 4 is 15.9 Å². The van der Waals surface area contributed by atoms with E-state index in [1.807, 2.05) is 4.72 Å². The molecule has 1 atom stereocenters. The molecule has 1 fully saturated rings. The molecule has 0 bridgehead atoms. The van der Waals surface area contributed by atoms with Gasteiger partial charge in [-0.1, -0.05) is 6.07 Å². The standard InChI is InChI=1S/C23H26N4O6S/c1-23(29,16-6-7-16)17-8-10-19(32-2)20(13-17)34(30,31)26-21(28)18-9-5-15(22(25-18)33-3)14-27-12-4-11-24-27/h4-5,8-13,16,29H,6-7,14H2,1-3H3,(H,26,28). The maximum absolute atomic E-state index is 13.1. The number of hydrogen-bond acceptors (Lipinski definition) is 8. The van der Waals surface area contributed by atoms with E-state index >= 15 is 0 Å². The summed E-state index contributed by atoms with van der Waals surface area (Å²) in [4.78, 5) is 16.7. The molecule has 2 aromatic heterocycles. The third-order valence-corrected chi connectivity index (χ3v) is 7.25. The van der Waals surface area contributed by atoms with Crippen LogP contribution in [0.1, 0.15) is 41.4 Å². The van der Waals surface area contributed by atoms with Crippen molar-refractivity contribution in [3.63, 3.8) is 0 Å². The highest BCUT2D eigenvalue weighted by molar-refractivity contribution is 7.90. The van der Waals surface area contributed by atoms with Gasteiger partial charge in [-0.2, -0.15) is 5.10 Å². The lowest BCUT2D eigenvalue weighted by Crippen LogP contribution is -2.32. The SMILES string of the molecule is COc1ccc(C(C)(O)C2CC2)cc1S(=O)(=O)NC(=O)c1ccc(Cn2cccn2)c(OC)n1. The first-order chi connectivity index (χ1) is 16.2. The topological polar surface area (TPSA) is 133 Å². The molecular weight excluding hydrogens is 460 g/mol. The average molecular weight is 487 g/mol. The Labute approximate surface area is 197 Å². The molecule has 1 unspecified atom stereocenters. The third-order valence-electron chi connectivity index (χ3n) is 5.89. The summed E-state index contributed by atoms with van der Waals surface area (Å²) in [5.74, 6) is -0.635. The number of carbonyl (C=O) groups is 1. The Morgan fingerprint density at radius 2 is 2.00 bits per heavy atom. The number of methoxy groups -OCH3 is 2. The summed E-state index contributed by atoms with van der Waals surface area (Å²) < 4.78 is 40.5. The number of nitrogens with zero attached hydrogens (tertiary/aromatic N) is 3. The molecule has 2 heterocycles. The lowest BCUT2D eigenvalue weighted by atomic mass is 9.91. The van der Waals surface area contributed by atoms with Gasteiger partial charge in [-0.3, -0.25) is 9.48 Å². The van der Waals surface area contributed by atoms with Crippen molar-refractivity contribution in [1.29, 1.82) is 0 Å². The smallest absolute Gasteiger partial charge is 0.283 e. The van der Waals surface area contributed by atoms with Crippen molar-refractivity contribution in [2.45, 2.75) is 36.8 Å². The number of sulfonamides is 1. The molecule has 1 aromatic carbocycles. The van der Waals surface area contributed by atoms with Crippen LogP contribution in [0.5, 0.6) is 11.6 Å². The van der Waals surface area contributed by atoms with Gasteiger partial charge in [0.05, 0.1) is 26.4 Å². The number of aromatic nitrogens is 3. The molecule has 0 aliphatic heterocycles. The van der Waals surface area contributed by atoms with Crippen LogP contribution in [0.25, 0.3) is 0 Å². The van der Waals surface area contributed by atoms with Gasteiger partial charge in [0.15, 0.2) is 0 Å². The third kappa shape index (κ3) is 4.75. The van der Waals surface area contributed by atoms with Crippen LogP contribution in [0.3, 0.4) is 0 Å². The van der Waals surface area contributed by atoms with E-state index in [0.29, 0.717) is 17.7 Å². The van der Waals surface area contributed by atoms with Crippen LogP contribution in [0.15, 0.2) is 53.7 Å². The number of benzene rings is 1. The van der Waals surface area contributed by atoms with Crippen LogP contribution in [0.2, 0.25) is 0 Å². The lowest BCUT2D eigenvalue weighted by molar-refractivity contribution is 0.0328. The number of pyridine rings is 1. The van der Waals surface area contributed by atoms with E-state index in [1.54, 1.807) is 42.2 Å². The second kappa shape index (κ2) is 9.07. The lowest BCUT2D eigenvalue weighted by Gasteiger charge is -2.24. The fourth-order valence-corrected chi connectivity index (χ4v) is 4.93. The van der Waals surface area contributed by atoms with Crippen LogP contribution >= 0.6 is 0 Å². The highest BCUT2D eigenvalue weighted by Crippen LogP contribution is 2.46. The van der Waals surface area contributed by atoms with Crippen LogP contribution in [0.4, 0.5) is 0 Å². The zero-order chi connectivity index (χ0) is 24.5. The van der Waals surface area contributed by atoms with Crippen molar-refractivity contribution < 1.29 is 27.8 Å². The van der Waals surface area contributed by atoms with Gasteiger partial charge in [-0.25, -0.2) is 18.1 Å². The Bertz CT molecular complexity index is 1300. The molecule has 4 rings (SSSR count). The van der Waals surface area contributed by atoms with E-state index in [4.69, 9.17) is 9.47 Å². The van der Waals surface area contributed by atoms with Gasteiger partial charge in [0.1, 0.15) is 16.3 Å². The summed E-state index contributed by atoms with van der Waals surface area (Å²) in [6.07, 6.45) is 5.14. The highest BCUT2D eigenvalue weighted by Gasteiger charge is 2.42. The Kier molecular flexibility index (Phi) is 6.32. The van der Waals surface area contributed by atoms with Crippen LogP contribution in [-0.2, 0) is 22.2 Å². The van der Waals surface area contributed by atoms with E-state index < -0.39 is 21.5 Å². The summed E-state index contributed by atoms with van der Waals surface area (Å²) >= 11 is 0. The number of nitrogens with one attached hydrogen (secondary N) is 1. The van der Waals surface area contributed by atoms with Gasteiger partial charge in [-0.05, 0) is 61.6 Å². The molecule has 2 N–H and O–H groups in total. The molecule has 3 aromatic rings. The summed E-state index contributed by atoms with van der Waals surface area (Å²) in [5.41, 5.74) is -0.210. The first-order valence-corrected chi connectivity index (χ1v) is 12.1. The second-order valence-electron chi connectivity index (χ2n) is 8.29. The number of amides is 1. The molecule has 10 nitrogen and oxygen atoms in total. The molecule has 0 radical (unpaired) electrons. The quantitative estimate of drug-likeness (QED) is 0.470. The predicted molar refractivity (Wildman–Crippen MR) is 122 cm³/mol. The second-order valence-corrected chi connectivity index (χ2v) is 9.94. The Balaban J connectivity index is 1.60. The fraction of sp³-hybridized carbons (Fsp3) is 0.348. The van der Waals surface area contributed by atoms with E-state index in [0.717, 1.165) is 12.8 Å². The molecule has 34 heavy (non-hydrogen) atoms. The monoisotopic (exact) mass is 486 g/mol. The molecular formula is C23H26N4O6S.